The first-order valence-electron chi connectivity index (χ1n) is 7.94. The Morgan fingerprint density at radius 2 is 1.91 bits per heavy atom. The number of hydrogen-bond acceptors (Lipinski definition) is 4. The van der Waals surface area contributed by atoms with Gasteiger partial charge in [-0.1, -0.05) is 62.9 Å². The maximum absolute atomic E-state index is 4.91. The van der Waals surface area contributed by atoms with Gasteiger partial charge in [0.15, 0.2) is 0 Å². The summed E-state index contributed by atoms with van der Waals surface area (Å²) in [6.07, 6.45) is 2.45. The molecule has 22 heavy (non-hydrogen) atoms. The normalized spacial score (nSPS) is 27.9. The molecule has 1 fully saturated rings. The Kier molecular flexibility index (Phi) is 3.09. The van der Waals surface area contributed by atoms with Gasteiger partial charge in [0.25, 0.3) is 0 Å². The van der Waals surface area contributed by atoms with E-state index in [1.165, 1.54) is 24.1 Å². The van der Waals surface area contributed by atoms with Crippen molar-refractivity contribution >= 4 is 11.8 Å². The average Bonchev–Trinajstić information content (AvgIpc) is 2.86. The fourth-order valence-electron chi connectivity index (χ4n) is 4.15. The second-order valence-corrected chi connectivity index (χ2v) is 8.19. The van der Waals surface area contributed by atoms with E-state index >= 15 is 0 Å². The average molecular weight is 311 g/mol. The number of hydrogen-bond donors (Lipinski definition) is 0. The molecule has 114 valence electrons. The van der Waals surface area contributed by atoms with Gasteiger partial charge >= 0.3 is 0 Å². The van der Waals surface area contributed by atoms with Gasteiger partial charge in [-0.15, -0.1) is 5.10 Å². The molecule has 0 unspecified atom stereocenters. The lowest BCUT2D eigenvalue weighted by Gasteiger charge is -2.33. The van der Waals surface area contributed by atoms with Crippen LogP contribution >= 0.6 is 11.8 Å². The van der Waals surface area contributed by atoms with Gasteiger partial charge in [-0.05, 0) is 23.8 Å². The summed E-state index contributed by atoms with van der Waals surface area (Å²) in [5, 5.41) is 9.76. The number of nitrogens with zero attached hydrogens (tertiary/aromatic N) is 3. The molecule has 4 heteroatoms. The van der Waals surface area contributed by atoms with Crippen molar-refractivity contribution in [3.8, 4) is 0 Å². The third kappa shape index (κ3) is 1.86. The number of aromatic nitrogens is 3. The zero-order chi connectivity index (χ0) is 15.4. The standard InChI is InChI=1S/C18H21N3S/c1-17(2)13-9-10-18(17,3)15-14(13)20-21-16(19-15)22-11-12-7-5-4-6-8-12/h4-8,13H,9-11H2,1-3H3/t13-,18-/m0/s1. The van der Waals surface area contributed by atoms with Gasteiger partial charge in [0.1, 0.15) is 0 Å². The summed E-state index contributed by atoms with van der Waals surface area (Å²) in [7, 11) is 0. The van der Waals surface area contributed by atoms with Gasteiger partial charge in [0.2, 0.25) is 5.16 Å². The van der Waals surface area contributed by atoms with Crippen LogP contribution in [0.5, 0.6) is 0 Å². The van der Waals surface area contributed by atoms with Gasteiger partial charge < -0.3 is 0 Å². The van der Waals surface area contributed by atoms with Crippen LogP contribution in [0.4, 0.5) is 0 Å². The van der Waals surface area contributed by atoms with Crippen LogP contribution in [0, 0.1) is 5.41 Å². The molecule has 1 saturated carbocycles. The Bertz CT molecular complexity index is 714. The van der Waals surface area contributed by atoms with Crippen molar-refractivity contribution < 1.29 is 0 Å². The molecule has 4 rings (SSSR count). The summed E-state index contributed by atoms with van der Waals surface area (Å²) in [5.41, 5.74) is 4.07. The minimum atomic E-state index is 0.158. The van der Waals surface area contributed by atoms with E-state index in [4.69, 9.17) is 4.98 Å². The summed E-state index contributed by atoms with van der Waals surface area (Å²) < 4.78 is 0. The second-order valence-electron chi connectivity index (χ2n) is 7.25. The third-order valence-electron chi connectivity index (χ3n) is 5.98. The van der Waals surface area contributed by atoms with Crippen molar-refractivity contribution in [3.63, 3.8) is 0 Å². The quantitative estimate of drug-likeness (QED) is 0.790. The Morgan fingerprint density at radius 3 is 2.68 bits per heavy atom. The van der Waals surface area contributed by atoms with Gasteiger partial charge in [-0.25, -0.2) is 4.98 Å². The van der Waals surface area contributed by atoms with Crippen LogP contribution in [0.1, 0.15) is 56.5 Å². The number of thioether (sulfide) groups is 1. The van der Waals surface area contributed by atoms with E-state index in [-0.39, 0.29) is 10.8 Å². The van der Waals surface area contributed by atoms with Crippen LogP contribution in [0.25, 0.3) is 0 Å². The van der Waals surface area contributed by atoms with Crippen molar-refractivity contribution in [1.29, 1.82) is 0 Å². The van der Waals surface area contributed by atoms with E-state index in [0.717, 1.165) is 16.6 Å². The van der Waals surface area contributed by atoms with Crippen molar-refractivity contribution in [2.24, 2.45) is 5.41 Å². The fraction of sp³-hybridized carbons (Fsp3) is 0.500. The number of rotatable bonds is 3. The van der Waals surface area contributed by atoms with Gasteiger partial charge in [-0.3, -0.25) is 0 Å². The lowest BCUT2D eigenvalue weighted by atomic mass is 9.70. The van der Waals surface area contributed by atoms with Crippen LogP contribution in [-0.2, 0) is 11.2 Å². The van der Waals surface area contributed by atoms with E-state index in [9.17, 15) is 0 Å². The fourth-order valence-corrected chi connectivity index (χ4v) is 4.89. The first-order valence-corrected chi connectivity index (χ1v) is 8.93. The van der Waals surface area contributed by atoms with Crippen molar-refractivity contribution in [2.75, 3.05) is 0 Å². The third-order valence-corrected chi connectivity index (χ3v) is 6.89. The van der Waals surface area contributed by atoms with Crippen molar-refractivity contribution in [1.82, 2.24) is 15.2 Å². The topological polar surface area (TPSA) is 38.7 Å². The molecule has 0 N–H and O–H groups in total. The van der Waals surface area contributed by atoms with Crippen LogP contribution in [-0.4, -0.2) is 15.2 Å². The van der Waals surface area contributed by atoms with Crippen LogP contribution in [0.15, 0.2) is 35.5 Å². The van der Waals surface area contributed by atoms with E-state index in [2.05, 4.69) is 55.2 Å². The van der Waals surface area contributed by atoms with Gasteiger partial charge in [-0.2, -0.15) is 5.10 Å². The molecule has 0 spiro atoms. The van der Waals surface area contributed by atoms with Crippen LogP contribution < -0.4 is 0 Å². The van der Waals surface area contributed by atoms with Gasteiger partial charge in [0, 0.05) is 17.1 Å². The highest BCUT2D eigenvalue weighted by molar-refractivity contribution is 7.98. The minimum absolute atomic E-state index is 0.158. The van der Waals surface area contributed by atoms with Crippen molar-refractivity contribution in [3.05, 3.63) is 47.3 Å². The predicted molar refractivity (Wildman–Crippen MR) is 88.9 cm³/mol. The Morgan fingerprint density at radius 1 is 1.14 bits per heavy atom. The monoisotopic (exact) mass is 311 g/mol. The minimum Gasteiger partial charge on any atom is -0.224 e. The first-order chi connectivity index (χ1) is 10.5. The van der Waals surface area contributed by atoms with Crippen molar-refractivity contribution in [2.45, 2.75) is 55.9 Å². The Balaban J connectivity index is 1.62. The SMILES string of the molecule is CC1(C)[C@H]2CC[C@@]1(C)c1nc(SCc3ccccc3)nnc12. The molecule has 2 aromatic rings. The van der Waals surface area contributed by atoms with Crippen LogP contribution in [0.3, 0.4) is 0 Å². The molecule has 2 atom stereocenters. The van der Waals surface area contributed by atoms with Crippen LogP contribution in [0.2, 0.25) is 0 Å². The maximum atomic E-state index is 4.91. The molecule has 0 aliphatic heterocycles. The molecule has 2 aliphatic rings. The summed E-state index contributed by atoms with van der Waals surface area (Å²) >= 11 is 1.68. The molecule has 0 radical (unpaired) electrons. The molecule has 0 amide bonds. The maximum Gasteiger partial charge on any atom is 0.209 e. The molecule has 3 nitrogen and oxygen atoms in total. The molecule has 1 aromatic heterocycles. The van der Waals surface area contributed by atoms with E-state index in [1.807, 2.05) is 6.07 Å². The van der Waals surface area contributed by atoms with E-state index in [0.29, 0.717) is 5.92 Å². The molecular formula is C18H21N3S. The first kappa shape index (κ1) is 14.2. The summed E-state index contributed by atoms with van der Waals surface area (Å²) in [6, 6.07) is 10.5. The van der Waals surface area contributed by atoms with E-state index < -0.39 is 0 Å². The smallest absolute Gasteiger partial charge is 0.209 e. The molecular weight excluding hydrogens is 290 g/mol. The summed E-state index contributed by atoms with van der Waals surface area (Å²) in [5.74, 6) is 1.42. The Labute approximate surface area is 136 Å². The molecule has 2 aliphatic carbocycles. The lowest BCUT2D eigenvalue weighted by molar-refractivity contribution is 0.226. The van der Waals surface area contributed by atoms with Gasteiger partial charge in [0.05, 0.1) is 11.4 Å². The highest BCUT2D eigenvalue weighted by atomic mass is 32.2. The number of fused-ring (bicyclic) bond motifs is 5. The highest BCUT2D eigenvalue weighted by Gasteiger charge is 2.61. The Hall–Kier alpha value is -1.42. The number of benzene rings is 1. The second kappa shape index (κ2) is 4.79. The largest absolute Gasteiger partial charge is 0.224 e. The zero-order valence-electron chi connectivity index (χ0n) is 13.3. The highest BCUT2D eigenvalue weighted by Crippen LogP contribution is 2.66. The predicted octanol–water partition coefficient (Wildman–Crippen LogP) is 4.34. The summed E-state index contributed by atoms with van der Waals surface area (Å²) in [6.45, 7) is 7.09. The van der Waals surface area contributed by atoms with E-state index in [1.54, 1.807) is 11.8 Å². The summed E-state index contributed by atoms with van der Waals surface area (Å²) in [4.78, 5) is 4.91. The molecule has 1 heterocycles. The molecule has 2 bridgehead atoms. The molecule has 0 saturated heterocycles. The zero-order valence-corrected chi connectivity index (χ0v) is 14.2. The lowest BCUT2D eigenvalue weighted by Crippen LogP contribution is -2.32. The molecule has 1 aromatic carbocycles.